The predicted octanol–water partition coefficient (Wildman–Crippen LogP) is 4.24. The van der Waals surface area contributed by atoms with Crippen molar-refractivity contribution in [3.05, 3.63) is 65.1 Å². The van der Waals surface area contributed by atoms with Gasteiger partial charge in [-0.3, -0.25) is 0 Å². The molecule has 9 heteroatoms. The molecule has 0 unspecified atom stereocenters. The van der Waals surface area contributed by atoms with Crippen LogP contribution in [0.1, 0.15) is 11.4 Å². The van der Waals surface area contributed by atoms with Crippen molar-refractivity contribution >= 4 is 40.8 Å². The molecule has 160 valence electrons. The fourth-order valence-corrected chi connectivity index (χ4v) is 3.54. The third-order valence-corrected chi connectivity index (χ3v) is 5.47. The number of rotatable bonds is 4. The average molecular weight is 438 g/mol. The lowest BCUT2D eigenvalue weighted by Gasteiger charge is -2.35. The number of amides is 2. The molecule has 1 aliphatic heterocycles. The number of aromatic nitrogens is 3. The summed E-state index contributed by atoms with van der Waals surface area (Å²) < 4.78 is 0. The van der Waals surface area contributed by atoms with Crippen LogP contribution in [-0.2, 0) is 0 Å². The SMILES string of the molecule is Cc1nc(Nc2ccccn2)cc(N2CCN(C(=O)Nc3ccc(C)c(Cl)c3)CC2)n1. The molecule has 4 rings (SSSR count). The van der Waals surface area contributed by atoms with Crippen molar-refractivity contribution in [3.63, 3.8) is 0 Å². The van der Waals surface area contributed by atoms with E-state index in [0.717, 1.165) is 17.2 Å². The lowest BCUT2D eigenvalue weighted by atomic mass is 10.2. The van der Waals surface area contributed by atoms with Crippen LogP contribution in [0.5, 0.6) is 0 Å². The molecule has 0 saturated carbocycles. The molecule has 2 amide bonds. The number of aryl methyl sites for hydroxylation is 2. The number of anilines is 4. The third kappa shape index (κ3) is 5.21. The molecule has 0 bridgehead atoms. The van der Waals surface area contributed by atoms with Gasteiger partial charge >= 0.3 is 6.03 Å². The molecule has 31 heavy (non-hydrogen) atoms. The van der Waals surface area contributed by atoms with Gasteiger partial charge in [0.05, 0.1) is 0 Å². The van der Waals surface area contributed by atoms with Crippen molar-refractivity contribution in [2.45, 2.75) is 13.8 Å². The van der Waals surface area contributed by atoms with Crippen molar-refractivity contribution in [2.75, 3.05) is 41.7 Å². The van der Waals surface area contributed by atoms with Gasteiger partial charge in [0.25, 0.3) is 0 Å². The molecule has 2 aromatic heterocycles. The molecular weight excluding hydrogens is 414 g/mol. The molecule has 0 spiro atoms. The Morgan fingerprint density at radius 3 is 2.52 bits per heavy atom. The Balaban J connectivity index is 1.38. The number of carbonyl (C=O) groups is 1. The van der Waals surface area contributed by atoms with E-state index >= 15 is 0 Å². The van der Waals surface area contributed by atoms with Gasteiger partial charge in [-0.05, 0) is 43.7 Å². The first-order valence-corrected chi connectivity index (χ1v) is 10.5. The average Bonchev–Trinajstić information content (AvgIpc) is 2.77. The zero-order valence-corrected chi connectivity index (χ0v) is 18.2. The van der Waals surface area contributed by atoms with E-state index in [4.69, 9.17) is 11.6 Å². The molecule has 3 aromatic rings. The zero-order valence-electron chi connectivity index (χ0n) is 17.5. The largest absolute Gasteiger partial charge is 0.353 e. The number of pyridine rings is 1. The molecular formula is C22H24ClN7O. The van der Waals surface area contributed by atoms with Gasteiger partial charge in [0.2, 0.25) is 0 Å². The minimum atomic E-state index is -0.129. The van der Waals surface area contributed by atoms with E-state index < -0.39 is 0 Å². The van der Waals surface area contributed by atoms with E-state index in [1.807, 2.05) is 50.2 Å². The fraction of sp³-hybridized carbons (Fsp3) is 0.273. The number of piperazine rings is 1. The first-order valence-electron chi connectivity index (χ1n) is 10.1. The van der Waals surface area contributed by atoms with E-state index in [1.165, 1.54) is 0 Å². The van der Waals surface area contributed by atoms with Gasteiger partial charge in [-0.25, -0.2) is 19.7 Å². The van der Waals surface area contributed by atoms with E-state index in [0.29, 0.717) is 48.5 Å². The highest BCUT2D eigenvalue weighted by Crippen LogP contribution is 2.22. The number of carbonyl (C=O) groups excluding carboxylic acids is 1. The summed E-state index contributed by atoms with van der Waals surface area (Å²) in [7, 11) is 0. The minimum absolute atomic E-state index is 0.129. The third-order valence-electron chi connectivity index (χ3n) is 5.06. The summed E-state index contributed by atoms with van der Waals surface area (Å²) in [5, 5.41) is 6.77. The first-order chi connectivity index (χ1) is 15.0. The van der Waals surface area contributed by atoms with E-state index in [1.54, 1.807) is 17.2 Å². The van der Waals surface area contributed by atoms with Gasteiger partial charge in [0, 0.05) is 49.2 Å². The molecule has 0 atom stereocenters. The molecule has 1 aliphatic rings. The Kier molecular flexibility index (Phi) is 6.18. The van der Waals surface area contributed by atoms with Gasteiger partial charge in [-0.2, -0.15) is 0 Å². The normalized spacial score (nSPS) is 13.8. The number of urea groups is 1. The van der Waals surface area contributed by atoms with Gasteiger partial charge in [-0.15, -0.1) is 0 Å². The Hall–Kier alpha value is -3.39. The molecule has 1 saturated heterocycles. The summed E-state index contributed by atoms with van der Waals surface area (Å²) in [4.78, 5) is 29.9. The summed E-state index contributed by atoms with van der Waals surface area (Å²) in [6, 6.07) is 13.0. The number of halogens is 1. The maximum absolute atomic E-state index is 12.6. The van der Waals surface area contributed by atoms with Gasteiger partial charge < -0.3 is 20.4 Å². The van der Waals surface area contributed by atoms with Gasteiger partial charge in [0.15, 0.2) is 0 Å². The lowest BCUT2D eigenvalue weighted by molar-refractivity contribution is 0.208. The zero-order chi connectivity index (χ0) is 21.8. The smallest absolute Gasteiger partial charge is 0.321 e. The minimum Gasteiger partial charge on any atom is -0.353 e. The Morgan fingerprint density at radius 1 is 1.00 bits per heavy atom. The van der Waals surface area contributed by atoms with Crippen LogP contribution >= 0.6 is 11.6 Å². The number of hydrogen-bond donors (Lipinski definition) is 2. The van der Waals surface area contributed by atoms with Crippen molar-refractivity contribution in [2.24, 2.45) is 0 Å². The summed E-state index contributed by atoms with van der Waals surface area (Å²) >= 11 is 6.15. The van der Waals surface area contributed by atoms with Crippen LogP contribution in [0.2, 0.25) is 5.02 Å². The number of nitrogens with zero attached hydrogens (tertiary/aromatic N) is 5. The molecule has 0 aliphatic carbocycles. The standard InChI is InChI=1S/C22H24ClN7O/c1-15-6-7-17(13-18(15)23)27-22(31)30-11-9-29(10-12-30)21-14-20(25-16(2)26-21)28-19-5-3-4-8-24-19/h3-8,13-14H,9-12H2,1-2H3,(H,27,31)(H,24,25,26,28). The summed E-state index contributed by atoms with van der Waals surface area (Å²) in [5.41, 5.74) is 1.67. The van der Waals surface area contributed by atoms with Crippen molar-refractivity contribution in [1.82, 2.24) is 19.9 Å². The molecule has 8 nitrogen and oxygen atoms in total. The Morgan fingerprint density at radius 2 is 1.81 bits per heavy atom. The van der Waals surface area contributed by atoms with Crippen LogP contribution < -0.4 is 15.5 Å². The van der Waals surface area contributed by atoms with Gasteiger partial charge in [-0.1, -0.05) is 23.7 Å². The van der Waals surface area contributed by atoms with E-state index in [9.17, 15) is 4.79 Å². The van der Waals surface area contributed by atoms with E-state index in [-0.39, 0.29) is 6.03 Å². The maximum atomic E-state index is 12.6. The van der Waals surface area contributed by atoms with Crippen LogP contribution in [0.15, 0.2) is 48.7 Å². The van der Waals surface area contributed by atoms with Crippen molar-refractivity contribution in [3.8, 4) is 0 Å². The summed E-state index contributed by atoms with van der Waals surface area (Å²) in [5.74, 6) is 2.92. The van der Waals surface area contributed by atoms with Crippen LogP contribution in [-0.4, -0.2) is 52.1 Å². The van der Waals surface area contributed by atoms with Crippen molar-refractivity contribution < 1.29 is 4.79 Å². The fourth-order valence-electron chi connectivity index (χ4n) is 3.36. The van der Waals surface area contributed by atoms with Gasteiger partial charge in [0.1, 0.15) is 23.3 Å². The van der Waals surface area contributed by atoms with Crippen LogP contribution in [0.25, 0.3) is 0 Å². The number of nitrogens with one attached hydrogen (secondary N) is 2. The molecule has 3 heterocycles. The molecule has 1 fully saturated rings. The highest BCUT2D eigenvalue weighted by atomic mass is 35.5. The molecule has 0 radical (unpaired) electrons. The Bertz CT molecular complexity index is 1070. The summed E-state index contributed by atoms with van der Waals surface area (Å²) in [6.07, 6.45) is 1.73. The Labute approximate surface area is 186 Å². The molecule has 2 N–H and O–H groups in total. The second kappa shape index (κ2) is 9.18. The molecule has 1 aromatic carbocycles. The lowest BCUT2D eigenvalue weighted by Crippen LogP contribution is -2.50. The number of benzene rings is 1. The number of hydrogen-bond acceptors (Lipinski definition) is 6. The quantitative estimate of drug-likeness (QED) is 0.634. The summed E-state index contributed by atoms with van der Waals surface area (Å²) in [6.45, 7) is 6.35. The highest BCUT2D eigenvalue weighted by molar-refractivity contribution is 6.31. The van der Waals surface area contributed by atoms with E-state index in [2.05, 4.69) is 30.5 Å². The highest BCUT2D eigenvalue weighted by Gasteiger charge is 2.22. The topological polar surface area (TPSA) is 86.3 Å². The van der Waals surface area contributed by atoms with Crippen LogP contribution in [0.4, 0.5) is 27.9 Å². The first kappa shape index (κ1) is 20.9. The van der Waals surface area contributed by atoms with Crippen molar-refractivity contribution in [1.29, 1.82) is 0 Å². The predicted molar refractivity (Wildman–Crippen MR) is 123 cm³/mol. The maximum Gasteiger partial charge on any atom is 0.321 e. The monoisotopic (exact) mass is 437 g/mol. The second-order valence-corrected chi connectivity index (χ2v) is 7.77. The second-order valence-electron chi connectivity index (χ2n) is 7.37. The van der Waals surface area contributed by atoms with Crippen LogP contribution in [0.3, 0.4) is 0 Å². The van der Waals surface area contributed by atoms with Crippen LogP contribution in [0, 0.1) is 13.8 Å².